The van der Waals surface area contributed by atoms with E-state index < -0.39 is 5.60 Å². The molecular weight excluding hydrogens is 272 g/mol. The van der Waals surface area contributed by atoms with Crippen molar-refractivity contribution < 1.29 is 5.11 Å². The van der Waals surface area contributed by atoms with E-state index in [0.29, 0.717) is 12.5 Å². The van der Waals surface area contributed by atoms with E-state index in [1.54, 1.807) is 25.2 Å². The first-order valence-corrected chi connectivity index (χ1v) is 7.75. The van der Waals surface area contributed by atoms with E-state index in [-0.39, 0.29) is 0 Å². The first-order chi connectivity index (χ1) is 9.43. The number of rotatable bonds is 6. The van der Waals surface area contributed by atoms with Crippen molar-refractivity contribution in [3.63, 3.8) is 0 Å². The number of nitrogens with one attached hydrogen (secondary N) is 2. The highest BCUT2D eigenvalue weighted by atomic mass is 32.1. The van der Waals surface area contributed by atoms with E-state index in [0.717, 1.165) is 29.0 Å². The standard InChI is InChI=1S/C14H22N4OS/c1-5-9-7-10-11(16-8-14(3,4)19)17-13(15-6-2)18-12(10)20-9/h7,19H,5-6,8H2,1-4H3,(H2,15,16,17,18). The maximum absolute atomic E-state index is 9.86. The normalized spacial score (nSPS) is 11.8. The lowest BCUT2D eigenvalue weighted by Crippen LogP contribution is -2.29. The average Bonchev–Trinajstić information content (AvgIpc) is 2.78. The third-order valence-corrected chi connectivity index (χ3v) is 3.99. The SMILES string of the molecule is CCNc1nc(NCC(C)(C)O)c2cc(CC)sc2n1. The molecule has 6 heteroatoms. The number of aryl methyl sites for hydroxylation is 1. The van der Waals surface area contributed by atoms with Crippen molar-refractivity contribution in [2.24, 2.45) is 0 Å². The predicted molar refractivity (Wildman–Crippen MR) is 85.7 cm³/mol. The Bertz CT molecular complexity index is 589. The molecule has 0 atom stereocenters. The van der Waals surface area contributed by atoms with Crippen LogP contribution in [0.1, 0.15) is 32.6 Å². The molecule has 0 aliphatic heterocycles. The molecule has 0 saturated carbocycles. The van der Waals surface area contributed by atoms with Crippen molar-refractivity contribution in [2.45, 2.75) is 39.7 Å². The largest absolute Gasteiger partial charge is 0.389 e. The lowest BCUT2D eigenvalue weighted by Gasteiger charge is -2.18. The van der Waals surface area contributed by atoms with Crippen molar-refractivity contribution >= 4 is 33.3 Å². The summed E-state index contributed by atoms with van der Waals surface area (Å²) in [6, 6.07) is 2.13. The zero-order chi connectivity index (χ0) is 14.8. The molecule has 2 aromatic rings. The van der Waals surface area contributed by atoms with Crippen LogP contribution < -0.4 is 10.6 Å². The van der Waals surface area contributed by atoms with Crippen LogP contribution in [0, 0.1) is 0 Å². The highest BCUT2D eigenvalue weighted by Gasteiger charge is 2.15. The van der Waals surface area contributed by atoms with Gasteiger partial charge in [-0.25, -0.2) is 4.98 Å². The average molecular weight is 294 g/mol. The number of hydrogen-bond acceptors (Lipinski definition) is 6. The number of hydrogen-bond donors (Lipinski definition) is 3. The fourth-order valence-corrected chi connectivity index (χ4v) is 2.78. The van der Waals surface area contributed by atoms with Crippen molar-refractivity contribution in [1.29, 1.82) is 0 Å². The first kappa shape index (κ1) is 15.0. The minimum absolute atomic E-state index is 0.446. The molecule has 5 nitrogen and oxygen atoms in total. The molecule has 0 amide bonds. The zero-order valence-electron chi connectivity index (χ0n) is 12.4. The Labute approximate surface area is 123 Å². The quantitative estimate of drug-likeness (QED) is 0.764. The van der Waals surface area contributed by atoms with Crippen molar-refractivity contribution in [2.75, 3.05) is 23.7 Å². The van der Waals surface area contributed by atoms with Crippen LogP contribution in [0.25, 0.3) is 10.2 Å². The smallest absolute Gasteiger partial charge is 0.226 e. The van der Waals surface area contributed by atoms with E-state index in [2.05, 4.69) is 33.6 Å². The van der Waals surface area contributed by atoms with Gasteiger partial charge in [-0.05, 0) is 33.3 Å². The van der Waals surface area contributed by atoms with Gasteiger partial charge in [-0.2, -0.15) is 4.98 Å². The molecule has 0 saturated heterocycles. The van der Waals surface area contributed by atoms with Crippen LogP contribution >= 0.6 is 11.3 Å². The molecule has 0 fully saturated rings. The second-order valence-electron chi connectivity index (χ2n) is 5.38. The maximum Gasteiger partial charge on any atom is 0.226 e. The lowest BCUT2D eigenvalue weighted by molar-refractivity contribution is 0.0944. The molecule has 20 heavy (non-hydrogen) atoms. The highest BCUT2D eigenvalue weighted by molar-refractivity contribution is 7.18. The topological polar surface area (TPSA) is 70.1 Å². The molecule has 2 aromatic heterocycles. The second kappa shape index (κ2) is 5.93. The summed E-state index contributed by atoms with van der Waals surface area (Å²) in [7, 11) is 0. The third kappa shape index (κ3) is 3.58. The molecule has 0 radical (unpaired) electrons. The Morgan fingerprint density at radius 2 is 2.00 bits per heavy atom. The van der Waals surface area contributed by atoms with Crippen LogP contribution in [0.5, 0.6) is 0 Å². The van der Waals surface area contributed by atoms with Crippen LogP contribution in [-0.2, 0) is 6.42 Å². The van der Waals surface area contributed by atoms with Crippen molar-refractivity contribution in [3.05, 3.63) is 10.9 Å². The summed E-state index contributed by atoms with van der Waals surface area (Å²) in [5.74, 6) is 1.41. The Morgan fingerprint density at radius 1 is 1.25 bits per heavy atom. The van der Waals surface area contributed by atoms with Crippen LogP contribution in [0.2, 0.25) is 0 Å². The van der Waals surface area contributed by atoms with Gasteiger partial charge in [-0.15, -0.1) is 11.3 Å². The lowest BCUT2D eigenvalue weighted by atomic mass is 10.1. The number of aromatic nitrogens is 2. The van der Waals surface area contributed by atoms with Gasteiger partial charge in [0.05, 0.1) is 11.0 Å². The van der Waals surface area contributed by atoms with Crippen LogP contribution in [0.3, 0.4) is 0 Å². The van der Waals surface area contributed by atoms with Crippen LogP contribution in [-0.4, -0.2) is 33.8 Å². The van der Waals surface area contributed by atoms with E-state index in [4.69, 9.17) is 0 Å². The second-order valence-corrected chi connectivity index (χ2v) is 6.49. The summed E-state index contributed by atoms with van der Waals surface area (Å²) < 4.78 is 0. The molecule has 0 aliphatic carbocycles. The molecule has 3 N–H and O–H groups in total. The van der Waals surface area contributed by atoms with E-state index in [1.165, 1.54) is 4.88 Å². The van der Waals surface area contributed by atoms with Gasteiger partial charge in [-0.1, -0.05) is 6.92 Å². The molecule has 0 aliphatic rings. The number of nitrogens with zero attached hydrogens (tertiary/aromatic N) is 2. The van der Waals surface area contributed by atoms with E-state index in [9.17, 15) is 5.11 Å². The van der Waals surface area contributed by atoms with E-state index >= 15 is 0 Å². The molecule has 0 spiro atoms. The van der Waals surface area contributed by atoms with Gasteiger partial charge in [0.2, 0.25) is 5.95 Å². The van der Waals surface area contributed by atoms with Crippen molar-refractivity contribution in [1.82, 2.24) is 9.97 Å². The third-order valence-electron chi connectivity index (χ3n) is 2.82. The maximum atomic E-state index is 9.86. The molecule has 0 bridgehead atoms. The van der Waals surface area contributed by atoms with Crippen LogP contribution in [0.15, 0.2) is 6.07 Å². The fraction of sp³-hybridized carbons (Fsp3) is 0.571. The van der Waals surface area contributed by atoms with Gasteiger partial charge in [0.1, 0.15) is 10.6 Å². The van der Waals surface area contributed by atoms with E-state index in [1.807, 2.05) is 6.92 Å². The summed E-state index contributed by atoms with van der Waals surface area (Å²) in [6.07, 6.45) is 0.989. The summed E-state index contributed by atoms with van der Waals surface area (Å²) in [4.78, 5) is 11.3. The Balaban J connectivity index is 2.40. The predicted octanol–water partition coefficient (Wildman–Crippen LogP) is 2.87. The van der Waals surface area contributed by atoms with Gasteiger partial charge in [0.15, 0.2) is 0 Å². The van der Waals surface area contributed by atoms with Gasteiger partial charge in [0.25, 0.3) is 0 Å². The van der Waals surface area contributed by atoms with Gasteiger partial charge in [0, 0.05) is 18.0 Å². The Morgan fingerprint density at radius 3 is 2.60 bits per heavy atom. The molecule has 110 valence electrons. The van der Waals surface area contributed by atoms with Crippen molar-refractivity contribution in [3.8, 4) is 0 Å². The molecule has 0 aromatic carbocycles. The Hall–Kier alpha value is -1.40. The molecule has 0 unspecified atom stereocenters. The Kier molecular flexibility index (Phi) is 4.45. The highest BCUT2D eigenvalue weighted by Crippen LogP contribution is 2.30. The summed E-state index contributed by atoms with van der Waals surface area (Å²) in [6.45, 7) is 8.92. The summed E-state index contributed by atoms with van der Waals surface area (Å²) in [5, 5.41) is 17.3. The number of thiophene rings is 1. The summed E-state index contributed by atoms with van der Waals surface area (Å²) in [5.41, 5.74) is -0.779. The fourth-order valence-electron chi connectivity index (χ4n) is 1.82. The first-order valence-electron chi connectivity index (χ1n) is 6.93. The number of anilines is 2. The summed E-state index contributed by atoms with van der Waals surface area (Å²) >= 11 is 1.69. The minimum Gasteiger partial charge on any atom is -0.389 e. The van der Waals surface area contributed by atoms with Gasteiger partial charge >= 0.3 is 0 Å². The molecule has 2 heterocycles. The minimum atomic E-state index is -0.779. The zero-order valence-corrected chi connectivity index (χ0v) is 13.3. The number of fused-ring (bicyclic) bond motifs is 1. The monoisotopic (exact) mass is 294 g/mol. The number of aliphatic hydroxyl groups is 1. The van der Waals surface area contributed by atoms with Crippen LogP contribution in [0.4, 0.5) is 11.8 Å². The molecule has 2 rings (SSSR count). The molecular formula is C14H22N4OS. The van der Waals surface area contributed by atoms with Gasteiger partial charge in [-0.3, -0.25) is 0 Å². The van der Waals surface area contributed by atoms with Gasteiger partial charge < -0.3 is 15.7 Å².